The Bertz CT molecular complexity index is 3050. The lowest BCUT2D eigenvalue weighted by molar-refractivity contribution is 0.262. The second-order valence-corrected chi connectivity index (χ2v) is 19.2. The summed E-state index contributed by atoms with van der Waals surface area (Å²) in [6.07, 6.45) is 0. The molecule has 17 nitrogen and oxygen atoms in total. The summed E-state index contributed by atoms with van der Waals surface area (Å²) in [5.41, 5.74) is 0.201. The van der Waals surface area contributed by atoms with Gasteiger partial charge in [0.15, 0.2) is 0 Å². The van der Waals surface area contributed by atoms with Crippen LogP contribution >= 0.6 is 0 Å². The van der Waals surface area contributed by atoms with Gasteiger partial charge in [0.25, 0.3) is 40.3 Å². The Morgan fingerprint density at radius 2 is 0.893 bits per heavy atom. The number of phenols is 2. The van der Waals surface area contributed by atoms with Crippen molar-refractivity contribution in [1.29, 1.82) is 0 Å². The average Bonchev–Trinajstić information content (AvgIpc) is 3.11. The van der Waals surface area contributed by atoms with Crippen molar-refractivity contribution in [3.63, 3.8) is 0 Å². The molecule has 56 heavy (non-hydrogen) atoms. The molecule has 6 aromatic carbocycles. The summed E-state index contributed by atoms with van der Waals surface area (Å²) in [7, 11) is -18.5. The fourth-order valence-electron chi connectivity index (χ4n) is 7.03. The number of rotatable bonds is 6. The standard InChI is InChI=1S/C35H26N4O13S4/c1-17-25-9-13-31(53(43,44)38(25)27-7-11-29(40)21-5-3-19(15-23(21)27)55(47,48)49)33(17)36-35(42)37-34-18(2)26-10-14-32(34)54(45,46)39(26)28-8-12-30(41)22-6-4-20(16-24(22)28)56(50,51)52/h3-16,40-41H,1-2H3,(H2,36,37,42)(H,47,48,49)(H,50,51,52). The van der Waals surface area contributed by atoms with Gasteiger partial charge >= 0.3 is 6.03 Å². The average molecular weight is 839 g/mol. The van der Waals surface area contributed by atoms with Gasteiger partial charge in [-0.05, 0) is 110 Å². The molecule has 288 valence electrons. The zero-order chi connectivity index (χ0) is 40.4. The minimum Gasteiger partial charge on any atom is -0.507 e. The van der Waals surface area contributed by atoms with Gasteiger partial charge in [0, 0.05) is 21.5 Å². The second-order valence-electron chi connectivity index (χ2n) is 12.9. The lowest BCUT2D eigenvalue weighted by atomic mass is 10.1. The molecule has 0 fully saturated rings. The molecule has 6 aromatic rings. The molecular weight excluding hydrogens is 813 g/mol. The molecule has 0 spiro atoms. The van der Waals surface area contributed by atoms with Crippen molar-refractivity contribution in [1.82, 2.24) is 0 Å². The number of anilines is 6. The van der Waals surface area contributed by atoms with Crippen LogP contribution in [0.5, 0.6) is 11.5 Å². The largest absolute Gasteiger partial charge is 0.507 e. The fourth-order valence-corrected chi connectivity index (χ4v) is 11.6. The zero-order valence-electron chi connectivity index (χ0n) is 28.6. The van der Waals surface area contributed by atoms with E-state index in [4.69, 9.17) is 0 Å². The van der Waals surface area contributed by atoms with Crippen LogP contribution in [-0.4, -0.2) is 59.0 Å². The van der Waals surface area contributed by atoms with Crippen LogP contribution in [0.1, 0.15) is 11.1 Å². The Morgan fingerprint density at radius 1 is 0.536 bits per heavy atom. The molecule has 0 aromatic heterocycles. The summed E-state index contributed by atoms with van der Waals surface area (Å²) in [6.45, 7) is 3.03. The molecule has 4 bridgehead atoms. The first kappa shape index (κ1) is 37.0. The van der Waals surface area contributed by atoms with E-state index in [0.717, 1.165) is 32.9 Å². The summed E-state index contributed by atoms with van der Waals surface area (Å²) >= 11 is 0. The van der Waals surface area contributed by atoms with E-state index in [2.05, 4.69) is 10.6 Å². The Balaban J connectivity index is 1.16. The fraction of sp³-hybridized carbons (Fsp3) is 0.0571. The van der Waals surface area contributed by atoms with Crippen LogP contribution in [0.4, 0.5) is 38.9 Å². The third-order valence-electron chi connectivity index (χ3n) is 9.66. The number of carbonyl (C=O) groups is 1. The number of hydrogen-bond acceptors (Lipinski definition) is 11. The number of nitrogens with zero attached hydrogens (tertiary/aromatic N) is 2. The van der Waals surface area contributed by atoms with E-state index in [1.165, 1.54) is 74.5 Å². The molecule has 6 N–H and O–H groups in total. The van der Waals surface area contributed by atoms with E-state index in [9.17, 15) is 57.8 Å². The molecule has 0 saturated heterocycles. The molecular formula is C35H26N4O13S4. The number of carbonyl (C=O) groups excluding carboxylic acids is 1. The summed E-state index contributed by atoms with van der Waals surface area (Å²) in [5.74, 6) is -0.575. The van der Waals surface area contributed by atoms with E-state index in [1.807, 2.05) is 0 Å². The normalized spacial score (nSPS) is 15.4. The monoisotopic (exact) mass is 838 g/mol. The molecule has 0 radical (unpaired) electrons. The Labute approximate surface area is 318 Å². The summed E-state index contributed by atoms with van der Waals surface area (Å²) < 4.78 is 125. The van der Waals surface area contributed by atoms with Crippen LogP contribution in [0.25, 0.3) is 21.5 Å². The lowest BCUT2D eigenvalue weighted by Gasteiger charge is -2.35. The smallest absolute Gasteiger partial charge is 0.323 e. The SMILES string of the molecule is Cc1c2ccc(c1NC(=O)Nc1c3ccc(c1C)N(c1ccc(O)c4ccc(S(=O)(=O)O)cc14)S3(=O)=O)S(=O)(=O)N2c1ccc(O)c2ccc(S(=O)(=O)O)cc12. The number of benzene rings is 6. The van der Waals surface area contributed by atoms with E-state index in [-0.39, 0.29) is 88.1 Å². The minimum absolute atomic E-state index is 0.0235. The molecule has 4 heterocycles. The van der Waals surface area contributed by atoms with Crippen LogP contribution in [0.2, 0.25) is 0 Å². The molecule has 21 heteroatoms. The van der Waals surface area contributed by atoms with Crippen molar-refractivity contribution in [3.05, 3.63) is 96.1 Å². The zero-order valence-corrected chi connectivity index (χ0v) is 31.8. The summed E-state index contributed by atoms with van der Waals surface area (Å²) in [5, 5.41) is 26.1. The number of urea groups is 1. The first-order chi connectivity index (χ1) is 26.1. The van der Waals surface area contributed by atoms with Crippen molar-refractivity contribution in [2.45, 2.75) is 33.4 Å². The summed E-state index contributed by atoms with van der Waals surface area (Å²) in [6, 6.07) is 15.9. The number of aromatic hydroxyl groups is 2. The Hall–Kier alpha value is -5.97. The maximum atomic E-state index is 14.1. The van der Waals surface area contributed by atoms with Gasteiger partial charge in [0.2, 0.25) is 0 Å². The maximum Gasteiger partial charge on any atom is 0.323 e. The minimum atomic E-state index is -4.72. The van der Waals surface area contributed by atoms with Crippen molar-refractivity contribution in [2.75, 3.05) is 19.2 Å². The third kappa shape index (κ3) is 5.42. The van der Waals surface area contributed by atoms with Crippen LogP contribution in [0.15, 0.2) is 105 Å². The van der Waals surface area contributed by atoms with Gasteiger partial charge in [-0.25, -0.2) is 30.2 Å². The Morgan fingerprint density at radius 3 is 1.25 bits per heavy atom. The van der Waals surface area contributed by atoms with Crippen molar-refractivity contribution in [3.8, 4) is 11.5 Å². The third-order valence-corrected chi connectivity index (χ3v) is 14.9. The molecule has 0 atom stereocenters. The molecule has 2 amide bonds. The highest BCUT2D eigenvalue weighted by molar-refractivity contribution is 7.94. The predicted molar refractivity (Wildman–Crippen MR) is 205 cm³/mol. The van der Waals surface area contributed by atoms with Crippen LogP contribution in [-0.2, 0) is 40.3 Å². The van der Waals surface area contributed by atoms with E-state index >= 15 is 0 Å². The molecule has 10 rings (SSSR count). The topological polar surface area (TPSA) is 265 Å². The highest BCUT2D eigenvalue weighted by atomic mass is 32.2. The lowest BCUT2D eigenvalue weighted by Crippen LogP contribution is -2.35. The van der Waals surface area contributed by atoms with Crippen molar-refractivity contribution < 1.29 is 57.8 Å². The first-order valence-electron chi connectivity index (χ1n) is 16.0. The number of amides is 2. The maximum absolute atomic E-state index is 14.1. The van der Waals surface area contributed by atoms with Crippen molar-refractivity contribution in [2.24, 2.45) is 0 Å². The van der Waals surface area contributed by atoms with E-state index < -0.39 is 56.1 Å². The first-order valence-corrected chi connectivity index (χ1v) is 21.8. The van der Waals surface area contributed by atoms with Gasteiger partial charge in [-0.1, -0.05) is 0 Å². The van der Waals surface area contributed by atoms with Gasteiger partial charge in [-0.3, -0.25) is 9.11 Å². The van der Waals surface area contributed by atoms with Crippen molar-refractivity contribution >= 4 is 102 Å². The quantitative estimate of drug-likeness (QED) is 0.108. The highest BCUT2D eigenvalue weighted by Crippen LogP contribution is 2.51. The Kier molecular flexibility index (Phi) is 7.93. The van der Waals surface area contributed by atoms with E-state index in [1.54, 1.807) is 0 Å². The second kappa shape index (κ2) is 12.0. The molecule has 0 saturated carbocycles. The number of nitrogens with one attached hydrogen (secondary N) is 2. The number of fused-ring (bicyclic) bond motifs is 8. The van der Waals surface area contributed by atoms with Gasteiger partial charge < -0.3 is 20.8 Å². The number of hydrogen-bond donors (Lipinski definition) is 6. The molecule has 0 aliphatic carbocycles. The van der Waals surface area contributed by atoms with Crippen LogP contribution in [0.3, 0.4) is 0 Å². The van der Waals surface area contributed by atoms with Gasteiger partial charge in [-0.15, -0.1) is 0 Å². The highest BCUT2D eigenvalue weighted by Gasteiger charge is 2.41. The molecule has 4 aliphatic heterocycles. The van der Waals surface area contributed by atoms with Gasteiger partial charge in [0.1, 0.15) is 21.3 Å². The van der Waals surface area contributed by atoms with Crippen LogP contribution in [0, 0.1) is 13.8 Å². The van der Waals surface area contributed by atoms with Crippen LogP contribution < -0.4 is 19.2 Å². The van der Waals surface area contributed by atoms with E-state index in [0.29, 0.717) is 0 Å². The number of phenolic OH excluding ortho intramolecular Hbond substituents is 2. The number of sulfonamides is 2. The molecule has 4 aliphatic rings. The van der Waals surface area contributed by atoms with Gasteiger partial charge in [-0.2, -0.15) is 16.8 Å². The predicted octanol–water partition coefficient (Wildman–Crippen LogP) is 5.84. The van der Waals surface area contributed by atoms with Gasteiger partial charge in [0.05, 0.1) is 43.9 Å². The summed E-state index contributed by atoms with van der Waals surface area (Å²) in [4.78, 5) is 11.8. The molecule has 0 unspecified atom stereocenters.